The van der Waals surface area contributed by atoms with Crippen LogP contribution in [0.5, 0.6) is 0 Å². The zero-order chi connectivity index (χ0) is 11.9. The van der Waals surface area contributed by atoms with E-state index in [1.807, 2.05) is 0 Å². The number of hydrogen-bond acceptors (Lipinski definition) is 3. The van der Waals surface area contributed by atoms with Gasteiger partial charge in [0.25, 0.3) is 11.8 Å². The molecule has 2 N–H and O–H groups in total. The van der Waals surface area contributed by atoms with E-state index in [0.717, 1.165) is 4.90 Å². The molecule has 0 saturated carbocycles. The summed E-state index contributed by atoms with van der Waals surface area (Å²) in [6.45, 7) is 1.97. The molecule has 0 saturated heterocycles. The van der Waals surface area contributed by atoms with Crippen molar-refractivity contribution < 1.29 is 9.59 Å². The average Bonchev–Trinajstić information content (AvgIpc) is 2.52. The number of carbonyl (C=O) groups is 2. The highest BCUT2D eigenvalue weighted by atomic mass is 35.5. The summed E-state index contributed by atoms with van der Waals surface area (Å²) in [5.41, 5.74) is 6.12. The fourth-order valence-electron chi connectivity index (χ4n) is 1.77. The summed E-state index contributed by atoms with van der Waals surface area (Å²) in [4.78, 5) is 25.1. The standard InChI is InChI=1S/C11H11ClN2O2/c1-6(5-13)14-10(15)7-3-2-4-8(12)9(7)11(14)16/h2-4,6H,5,13H2,1H3. The first kappa shape index (κ1) is 11.1. The van der Waals surface area contributed by atoms with Crippen molar-refractivity contribution in [3.63, 3.8) is 0 Å². The molecule has 1 aliphatic heterocycles. The molecule has 0 bridgehead atoms. The maximum Gasteiger partial charge on any atom is 0.263 e. The van der Waals surface area contributed by atoms with Crippen LogP contribution in [0, 0.1) is 0 Å². The molecule has 0 radical (unpaired) electrons. The number of amides is 2. The number of nitrogens with two attached hydrogens (primary N) is 1. The number of nitrogens with zero attached hydrogens (tertiary/aromatic N) is 1. The predicted octanol–water partition coefficient (Wildman–Crippen LogP) is 1.28. The van der Waals surface area contributed by atoms with Gasteiger partial charge < -0.3 is 5.73 Å². The molecule has 1 heterocycles. The van der Waals surface area contributed by atoms with Gasteiger partial charge in [-0.25, -0.2) is 0 Å². The van der Waals surface area contributed by atoms with Crippen LogP contribution in [0.4, 0.5) is 0 Å². The Morgan fingerprint density at radius 1 is 1.38 bits per heavy atom. The Morgan fingerprint density at radius 3 is 2.62 bits per heavy atom. The summed E-state index contributed by atoms with van der Waals surface area (Å²) in [6.07, 6.45) is 0. The monoisotopic (exact) mass is 238 g/mol. The third-order valence-corrected chi connectivity index (χ3v) is 2.99. The Labute approximate surface area is 98.0 Å². The summed E-state index contributed by atoms with van der Waals surface area (Å²) in [5.74, 6) is -0.677. The smallest absolute Gasteiger partial charge is 0.263 e. The summed E-state index contributed by atoms with van der Waals surface area (Å²) in [6, 6.07) is 4.54. The molecule has 0 fully saturated rings. The van der Waals surface area contributed by atoms with Crippen molar-refractivity contribution in [1.82, 2.24) is 4.90 Å². The average molecular weight is 239 g/mol. The fourth-order valence-corrected chi connectivity index (χ4v) is 2.02. The lowest BCUT2D eigenvalue weighted by Crippen LogP contribution is -2.42. The lowest BCUT2D eigenvalue weighted by atomic mass is 10.1. The maximum absolute atomic E-state index is 12.0. The minimum atomic E-state index is -0.358. The van der Waals surface area contributed by atoms with Crippen LogP contribution in [-0.2, 0) is 0 Å². The molecule has 16 heavy (non-hydrogen) atoms. The first-order valence-electron chi connectivity index (χ1n) is 4.94. The van der Waals surface area contributed by atoms with E-state index in [1.54, 1.807) is 25.1 Å². The third-order valence-electron chi connectivity index (χ3n) is 2.68. The summed E-state index contributed by atoms with van der Waals surface area (Å²) in [5, 5.41) is 0.308. The SMILES string of the molecule is CC(CN)N1C(=O)c2cccc(Cl)c2C1=O. The molecule has 2 amide bonds. The fraction of sp³-hybridized carbons (Fsp3) is 0.273. The van der Waals surface area contributed by atoms with E-state index in [1.165, 1.54) is 0 Å². The minimum Gasteiger partial charge on any atom is -0.328 e. The zero-order valence-corrected chi connectivity index (χ0v) is 9.49. The van der Waals surface area contributed by atoms with Crippen molar-refractivity contribution >= 4 is 23.4 Å². The topological polar surface area (TPSA) is 63.4 Å². The largest absolute Gasteiger partial charge is 0.328 e. The number of halogens is 1. The van der Waals surface area contributed by atoms with E-state index in [2.05, 4.69) is 0 Å². The van der Waals surface area contributed by atoms with Gasteiger partial charge in [0.2, 0.25) is 0 Å². The van der Waals surface area contributed by atoms with E-state index in [4.69, 9.17) is 17.3 Å². The normalized spacial score (nSPS) is 16.6. The number of fused-ring (bicyclic) bond motifs is 1. The van der Waals surface area contributed by atoms with Gasteiger partial charge in [0.15, 0.2) is 0 Å². The highest BCUT2D eigenvalue weighted by molar-refractivity contribution is 6.37. The van der Waals surface area contributed by atoms with Crippen LogP contribution in [0.25, 0.3) is 0 Å². The lowest BCUT2D eigenvalue weighted by molar-refractivity contribution is 0.0602. The van der Waals surface area contributed by atoms with E-state index < -0.39 is 0 Å². The molecule has 1 aromatic carbocycles. The van der Waals surface area contributed by atoms with Crippen molar-refractivity contribution in [2.75, 3.05) is 6.54 Å². The van der Waals surface area contributed by atoms with Crippen LogP contribution >= 0.6 is 11.6 Å². The molecule has 1 aliphatic rings. The number of benzene rings is 1. The van der Waals surface area contributed by atoms with Gasteiger partial charge in [0.05, 0.1) is 16.1 Å². The second-order valence-corrected chi connectivity index (χ2v) is 4.13. The van der Waals surface area contributed by atoms with Gasteiger partial charge in [0.1, 0.15) is 0 Å². The van der Waals surface area contributed by atoms with Crippen LogP contribution in [0.2, 0.25) is 5.02 Å². The molecule has 84 valence electrons. The molecule has 0 spiro atoms. The van der Waals surface area contributed by atoms with Gasteiger partial charge in [-0.2, -0.15) is 0 Å². The predicted molar refractivity (Wildman–Crippen MR) is 60.5 cm³/mol. The second kappa shape index (κ2) is 3.88. The first-order chi connectivity index (χ1) is 7.57. The molecule has 1 atom stereocenters. The minimum absolute atomic E-state index is 0.239. The molecule has 1 unspecified atom stereocenters. The Balaban J connectivity index is 2.53. The van der Waals surface area contributed by atoms with E-state index in [9.17, 15) is 9.59 Å². The Bertz CT molecular complexity index is 473. The van der Waals surface area contributed by atoms with Gasteiger partial charge in [-0.05, 0) is 19.1 Å². The van der Waals surface area contributed by atoms with Crippen molar-refractivity contribution in [2.24, 2.45) is 5.73 Å². The van der Waals surface area contributed by atoms with Crippen molar-refractivity contribution in [2.45, 2.75) is 13.0 Å². The molecule has 0 aliphatic carbocycles. The van der Waals surface area contributed by atoms with Gasteiger partial charge in [-0.1, -0.05) is 17.7 Å². The van der Waals surface area contributed by atoms with Crippen molar-refractivity contribution in [1.29, 1.82) is 0 Å². The molecular formula is C11H11ClN2O2. The number of rotatable bonds is 2. The zero-order valence-electron chi connectivity index (χ0n) is 8.74. The van der Waals surface area contributed by atoms with Gasteiger partial charge >= 0.3 is 0 Å². The van der Waals surface area contributed by atoms with E-state index >= 15 is 0 Å². The van der Waals surface area contributed by atoms with E-state index in [0.29, 0.717) is 10.6 Å². The van der Waals surface area contributed by atoms with Crippen LogP contribution < -0.4 is 5.73 Å². The summed E-state index contributed by atoms with van der Waals surface area (Å²) < 4.78 is 0. The Hall–Kier alpha value is -1.39. The molecule has 5 heteroatoms. The summed E-state index contributed by atoms with van der Waals surface area (Å²) in [7, 11) is 0. The highest BCUT2D eigenvalue weighted by Gasteiger charge is 2.39. The van der Waals surface area contributed by atoms with Gasteiger partial charge in [-0.3, -0.25) is 14.5 Å². The van der Waals surface area contributed by atoms with Crippen LogP contribution in [-0.4, -0.2) is 29.3 Å². The van der Waals surface area contributed by atoms with Crippen molar-refractivity contribution in [3.05, 3.63) is 34.3 Å². The number of carbonyl (C=O) groups excluding carboxylic acids is 2. The second-order valence-electron chi connectivity index (χ2n) is 3.73. The van der Waals surface area contributed by atoms with E-state index in [-0.39, 0.29) is 30.0 Å². The molecule has 0 aromatic heterocycles. The highest BCUT2D eigenvalue weighted by Crippen LogP contribution is 2.29. The summed E-state index contributed by atoms with van der Waals surface area (Å²) >= 11 is 5.91. The van der Waals surface area contributed by atoms with Gasteiger partial charge in [0, 0.05) is 12.6 Å². The van der Waals surface area contributed by atoms with Gasteiger partial charge in [-0.15, -0.1) is 0 Å². The van der Waals surface area contributed by atoms with Crippen LogP contribution in [0.3, 0.4) is 0 Å². The first-order valence-corrected chi connectivity index (χ1v) is 5.32. The Kier molecular flexibility index (Phi) is 2.69. The Morgan fingerprint density at radius 2 is 2.06 bits per heavy atom. The van der Waals surface area contributed by atoms with Crippen molar-refractivity contribution in [3.8, 4) is 0 Å². The maximum atomic E-state index is 12.0. The quantitative estimate of drug-likeness (QED) is 0.790. The number of imide groups is 1. The third kappa shape index (κ3) is 1.42. The lowest BCUT2D eigenvalue weighted by Gasteiger charge is -2.20. The van der Waals surface area contributed by atoms with Crippen LogP contribution in [0.1, 0.15) is 27.6 Å². The van der Waals surface area contributed by atoms with Crippen LogP contribution in [0.15, 0.2) is 18.2 Å². The molecular weight excluding hydrogens is 228 g/mol. The molecule has 2 rings (SSSR count). The number of hydrogen-bond donors (Lipinski definition) is 1. The molecule has 1 aromatic rings. The molecule has 4 nitrogen and oxygen atoms in total.